The zero-order chi connectivity index (χ0) is 21.2. The van der Waals surface area contributed by atoms with E-state index in [1.165, 1.54) is 10.4 Å². The van der Waals surface area contributed by atoms with Crippen molar-refractivity contribution in [2.24, 2.45) is 11.8 Å². The van der Waals surface area contributed by atoms with Crippen molar-refractivity contribution in [2.45, 2.75) is 70.2 Å². The van der Waals surface area contributed by atoms with Gasteiger partial charge in [-0.25, -0.2) is 0 Å². The van der Waals surface area contributed by atoms with Gasteiger partial charge in [-0.3, -0.25) is 4.79 Å². The van der Waals surface area contributed by atoms with Crippen LogP contribution in [0.15, 0.2) is 35.8 Å². The van der Waals surface area contributed by atoms with Crippen LogP contribution in [0.4, 0.5) is 0 Å². The minimum atomic E-state index is -0.778. The van der Waals surface area contributed by atoms with Crippen molar-refractivity contribution in [1.29, 1.82) is 0 Å². The molecule has 6 heteroatoms. The lowest BCUT2D eigenvalue weighted by Gasteiger charge is -2.20. The van der Waals surface area contributed by atoms with E-state index in [2.05, 4.69) is 18.4 Å². The molecule has 0 spiro atoms. The quantitative estimate of drug-likeness (QED) is 0.348. The van der Waals surface area contributed by atoms with E-state index in [1.807, 2.05) is 24.3 Å². The molecule has 0 bridgehead atoms. The summed E-state index contributed by atoms with van der Waals surface area (Å²) in [5, 5.41) is 31.5. The SMILES string of the molecule is CO[C@H](/C=C/[C@@H]1[C@@H](C/C=C\CCCC(=O)O)[C@@H](O)C[C@@H]1O)CCc1ccsc1C. The third kappa shape index (κ3) is 7.70. The van der Waals surface area contributed by atoms with E-state index < -0.39 is 18.2 Å². The van der Waals surface area contributed by atoms with Gasteiger partial charge >= 0.3 is 5.97 Å². The van der Waals surface area contributed by atoms with Crippen LogP contribution < -0.4 is 0 Å². The second-order valence-electron chi connectivity index (χ2n) is 7.80. The smallest absolute Gasteiger partial charge is 0.303 e. The maximum Gasteiger partial charge on any atom is 0.303 e. The number of allylic oxidation sites excluding steroid dienone is 2. The van der Waals surface area contributed by atoms with Gasteiger partial charge < -0.3 is 20.1 Å². The number of aliphatic hydroxyl groups excluding tert-OH is 2. The number of aryl methyl sites for hydroxylation is 2. The molecule has 0 saturated heterocycles. The molecule has 29 heavy (non-hydrogen) atoms. The predicted molar refractivity (Wildman–Crippen MR) is 116 cm³/mol. The van der Waals surface area contributed by atoms with E-state index in [0.717, 1.165) is 12.8 Å². The zero-order valence-corrected chi connectivity index (χ0v) is 18.2. The van der Waals surface area contributed by atoms with Crippen molar-refractivity contribution in [2.75, 3.05) is 7.11 Å². The van der Waals surface area contributed by atoms with E-state index in [0.29, 0.717) is 25.7 Å². The standard InChI is InChI=1S/C23H34O5S/c1-16-17(13-14-29-16)9-10-18(28-2)11-12-20-19(21(24)15-22(20)25)7-5-3-4-6-8-23(26)27/h3,5,11-14,18-22,24-25H,4,6-10,15H2,1-2H3,(H,26,27)/b5-3-,12-11+/t18-,19+,20+,21-,22-/m0/s1. The number of aliphatic hydroxyl groups is 2. The second-order valence-corrected chi connectivity index (χ2v) is 8.92. The number of methoxy groups -OCH3 is 1. The number of unbranched alkanes of at least 4 members (excludes halogenated alkanes) is 1. The molecule has 1 aromatic rings. The lowest BCUT2D eigenvalue weighted by molar-refractivity contribution is -0.137. The molecule has 0 radical (unpaired) electrons. The van der Waals surface area contributed by atoms with E-state index in [9.17, 15) is 15.0 Å². The average molecular weight is 423 g/mol. The van der Waals surface area contributed by atoms with Crippen LogP contribution in [0.25, 0.3) is 0 Å². The first-order valence-electron chi connectivity index (χ1n) is 10.4. The van der Waals surface area contributed by atoms with Crippen molar-refractivity contribution >= 4 is 17.3 Å². The van der Waals surface area contributed by atoms with Crippen LogP contribution in [0.1, 0.15) is 49.0 Å². The molecule has 2 rings (SSSR count). The molecule has 3 N–H and O–H groups in total. The topological polar surface area (TPSA) is 87.0 Å². The molecule has 1 saturated carbocycles. The molecular weight excluding hydrogens is 388 g/mol. The van der Waals surface area contributed by atoms with Crippen molar-refractivity contribution in [3.63, 3.8) is 0 Å². The lowest BCUT2D eigenvalue weighted by Crippen LogP contribution is -2.20. The first-order valence-corrected chi connectivity index (χ1v) is 11.3. The summed E-state index contributed by atoms with van der Waals surface area (Å²) >= 11 is 1.76. The van der Waals surface area contributed by atoms with Crippen molar-refractivity contribution in [3.05, 3.63) is 46.2 Å². The number of ether oxygens (including phenoxy) is 1. The third-order valence-corrected chi connectivity index (χ3v) is 6.66. The summed E-state index contributed by atoms with van der Waals surface area (Å²) < 4.78 is 5.60. The number of thiophene rings is 1. The predicted octanol–water partition coefficient (Wildman–Crippen LogP) is 4.12. The Morgan fingerprint density at radius 1 is 1.34 bits per heavy atom. The van der Waals surface area contributed by atoms with Crippen LogP contribution in [0, 0.1) is 18.8 Å². The highest BCUT2D eigenvalue weighted by atomic mass is 32.1. The van der Waals surface area contributed by atoms with Gasteiger partial charge in [-0.05, 0) is 62.0 Å². The second kappa shape index (κ2) is 12.3. The van der Waals surface area contributed by atoms with E-state index in [4.69, 9.17) is 9.84 Å². The molecule has 1 aromatic heterocycles. The number of hydrogen-bond acceptors (Lipinski definition) is 5. The molecule has 5 atom stereocenters. The fourth-order valence-corrected chi connectivity index (χ4v) is 4.72. The molecule has 0 aliphatic heterocycles. The van der Waals surface area contributed by atoms with Gasteiger partial charge in [0.25, 0.3) is 0 Å². The molecule has 162 valence electrons. The number of carboxylic acids is 1. The first-order chi connectivity index (χ1) is 13.9. The minimum absolute atomic E-state index is 0.0218. The molecule has 0 amide bonds. The number of rotatable bonds is 12. The Bertz CT molecular complexity index is 681. The highest BCUT2D eigenvalue weighted by Crippen LogP contribution is 2.36. The summed E-state index contributed by atoms with van der Waals surface area (Å²) in [7, 11) is 1.70. The molecule has 0 unspecified atom stereocenters. The molecule has 1 aliphatic carbocycles. The fraction of sp³-hybridized carbons (Fsp3) is 0.609. The number of carboxylic acid groups (broad SMARTS) is 1. The summed E-state index contributed by atoms with van der Waals surface area (Å²) in [6, 6.07) is 2.16. The van der Waals surface area contributed by atoms with Crippen molar-refractivity contribution < 1.29 is 24.9 Å². The molecular formula is C23H34O5S. The minimum Gasteiger partial charge on any atom is -0.481 e. The summed E-state index contributed by atoms with van der Waals surface area (Å²) in [6.45, 7) is 2.13. The zero-order valence-electron chi connectivity index (χ0n) is 17.4. The Kier molecular flexibility index (Phi) is 10.1. The molecule has 1 aliphatic rings. The maximum absolute atomic E-state index is 10.5. The molecule has 1 heterocycles. The Balaban J connectivity index is 1.88. The van der Waals surface area contributed by atoms with Crippen LogP contribution in [-0.2, 0) is 16.0 Å². The average Bonchev–Trinajstić information content (AvgIpc) is 3.20. The Morgan fingerprint density at radius 2 is 2.14 bits per heavy atom. The van der Waals surface area contributed by atoms with Crippen LogP contribution in [-0.4, -0.2) is 46.7 Å². The first kappa shape index (κ1) is 23.8. The maximum atomic E-state index is 10.5. The van der Waals surface area contributed by atoms with Crippen LogP contribution in [0.5, 0.6) is 0 Å². The van der Waals surface area contributed by atoms with E-state index >= 15 is 0 Å². The van der Waals surface area contributed by atoms with Gasteiger partial charge in [0.1, 0.15) is 0 Å². The van der Waals surface area contributed by atoms with Crippen LogP contribution >= 0.6 is 11.3 Å². The van der Waals surface area contributed by atoms with Crippen LogP contribution in [0.3, 0.4) is 0 Å². The number of aliphatic carboxylic acids is 1. The van der Waals surface area contributed by atoms with Crippen molar-refractivity contribution in [3.8, 4) is 0 Å². The Hall–Kier alpha value is -1.47. The van der Waals surface area contributed by atoms with Gasteiger partial charge in [0.2, 0.25) is 0 Å². The summed E-state index contributed by atoms with van der Waals surface area (Å²) in [5.41, 5.74) is 1.35. The van der Waals surface area contributed by atoms with E-state index in [1.54, 1.807) is 18.4 Å². The van der Waals surface area contributed by atoms with Crippen LogP contribution in [0.2, 0.25) is 0 Å². The largest absolute Gasteiger partial charge is 0.481 e. The van der Waals surface area contributed by atoms with Crippen molar-refractivity contribution in [1.82, 2.24) is 0 Å². The van der Waals surface area contributed by atoms with E-state index in [-0.39, 0.29) is 24.4 Å². The molecule has 1 fully saturated rings. The highest BCUT2D eigenvalue weighted by Gasteiger charge is 2.39. The van der Waals surface area contributed by atoms with Gasteiger partial charge in [-0.15, -0.1) is 11.3 Å². The number of carbonyl (C=O) groups is 1. The summed E-state index contributed by atoms with van der Waals surface area (Å²) in [4.78, 5) is 11.9. The van der Waals surface area contributed by atoms with Gasteiger partial charge in [-0.2, -0.15) is 0 Å². The summed E-state index contributed by atoms with van der Waals surface area (Å²) in [5.74, 6) is -0.914. The summed E-state index contributed by atoms with van der Waals surface area (Å²) in [6.07, 6.45) is 11.3. The fourth-order valence-electron chi connectivity index (χ4n) is 3.96. The molecule has 0 aromatic carbocycles. The Morgan fingerprint density at radius 3 is 2.79 bits per heavy atom. The monoisotopic (exact) mass is 422 g/mol. The molecule has 5 nitrogen and oxygen atoms in total. The lowest BCUT2D eigenvalue weighted by atomic mass is 9.89. The number of hydrogen-bond donors (Lipinski definition) is 3. The highest BCUT2D eigenvalue weighted by molar-refractivity contribution is 7.10. The third-order valence-electron chi connectivity index (χ3n) is 5.77. The normalized spacial score (nSPS) is 25.9. The van der Waals surface area contributed by atoms with Gasteiger partial charge in [0, 0.05) is 30.7 Å². The Labute approximate surface area is 177 Å². The van der Waals surface area contributed by atoms with Gasteiger partial charge in [-0.1, -0.05) is 24.3 Å². The van der Waals surface area contributed by atoms with Gasteiger partial charge in [0.15, 0.2) is 0 Å². The van der Waals surface area contributed by atoms with Gasteiger partial charge in [0.05, 0.1) is 18.3 Å².